The number of carbonyl (C=O) groups excluding carboxylic acids is 6. The lowest BCUT2D eigenvalue weighted by Crippen LogP contribution is -2.47. The number of halogens is 2. The average Bonchev–Trinajstić information content (AvgIpc) is 1.57. The molecule has 25 heteroatoms. The number of nitrogens with one attached hydrogen (secondary N) is 2. The smallest absolute Gasteiger partial charge is 0.248 e. The fourth-order valence-electron chi connectivity index (χ4n) is 14.7. The number of Topliss-reactive ketones (excluding diaryl/α,β-unsaturated/α-hetero) is 2. The monoisotopic (exact) mass is 1310 g/mol. The van der Waals surface area contributed by atoms with E-state index in [4.69, 9.17) is 10.1 Å². The number of ketones is 2. The van der Waals surface area contributed by atoms with Crippen molar-refractivity contribution < 1.29 is 28.8 Å². The fourth-order valence-corrected chi connectivity index (χ4v) is 15.4. The highest BCUT2D eigenvalue weighted by atomic mass is 79.9. The van der Waals surface area contributed by atoms with Gasteiger partial charge in [0.2, 0.25) is 23.6 Å². The summed E-state index contributed by atoms with van der Waals surface area (Å²) in [5.41, 5.74) is 5.81. The van der Waals surface area contributed by atoms with E-state index in [1.807, 2.05) is 58.0 Å². The molecule has 1 unspecified atom stereocenters. The van der Waals surface area contributed by atoms with Gasteiger partial charge in [0.05, 0.1) is 34.3 Å². The van der Waals surface area contributed by atoms with Crippen LogP contribution >= 0.6 is 31.9 Å². The second-order valence-electron chi connectivity index (χ2n) is 25.1. The maximum atomic E-state index is 15.1. The van der Waals surface area contributed by atoms with Gasteiger partial charge in [0.15, 0.2) is 11.6 Å². The predicted molar refractivity (Wildman–Crippen MR) is 330 cm³/mol. The minimum absolute atomic E-state index is 0.0438. The molecule has 3 saturated heterocycles. The molecule has 8 aromatic rings. The number of nitrogens with zero attached hydrogens (tertiary/aromatic N) is 15. The van der Waals surface area contributed by atoms with Crippen molar-refractivity contribution in [1.82, 2.24) is 74.1 Å². The SMILES string of the molecule is CC(=O)c1nn(CC(=O)N2[C@H](C(=O)Nc3nc(Br)ccc3C)C[C@@]3(CN4C[C@@H]5CCC(CC(=O)c6nn(CC(=O)N7C[C@H]8C[C@H]8[C@H]7C(=O)Nc7nc(Br)ccc7C)c7c(C)nc(-c8cnc(C)nc8)cc67)[C@@H]5C4)C[C@@H]23)c2cnc(-c3cnc(C)nc3)cc12. The first kappa shape index (κ1) is 57.6. The first-order chi connectivity index (χ1) is 42.3. The molecular formula is C63H63Br2N17O6. The Morgan fingerprint density at radius 1 is 0.648 bits per heavy atom. The van der Waals surface area contributed by atoms with Crippen LogP contribution in [0.2, 0.25) is 0 Å². The number of aromatic nitrogens is 12. The van der Waals surface area contributed by atoms with Crippen molar-refractivity contribution in [2.24, 2.45) is 35.0 Å². The van der Waals surface area contributed by atoms with E-state index in [1.165, 1.54) is 11.6 Å². The van der Waals surface area contributed by atoms with Crippen molar-refractivity contribution in [3.8, 4) is 22.5 Å². The number of anilines is 2. The number of pyridine rings is 4. The zero-order valence-corrected chi connectivity index (χ0v) is 52.5. The molecule has 23 nitrogen and oxygen atoms in total. The van der Waals surface area contributed by atoms with Crippen molar-refractivity contribution in [1.29, 1.82) is 0 Å². The van der Waals surface area contributed by atoms with Gasteiger partial charge in [-0.05, 0) is 164 Å². The highest BCUT2D eigenvalue weighted by molar-refractivity contribution is 9.10. The van der Waals surface area contributed by atoms with E-state index in [-0.39, 0.29) is 101 Å². The molecule has 0 spiro atoms. The van der Waals surface area contributed by atoms with Gasteiger partial charge in [-0.25, -0.2) is 29.9 Å². The van der Waals surface area contributed by atoms with Gasteiger partial charge in [0.1, 0.15) is 69.1 Å². The van der Waals surface area contributed by atoms with Crippen LogP contribution in [0.1, 0.15) is 94.9 Å². The number of aryl methyl sites for hydroxylation is 5. The van der Waals surface area contributed by atoms with Gasteiger partial charge in [0, 0.05) is 97.7 Å². The van der Waals surface area contributed by atoms with Gasteiger partial charge >= 0.3 is 0 Å². The molecule has 2 N–H and O–H groups in total. The number of amides is 4. The lowest BCUT2D eigenvalue weighted by Gasteiger charge is -2.27. The Kier molecular flexibility index (Phi) is 14.5. The third-order valence-electron chi connectivity index (χ3n) is 19.3. The highest BCUT2D eigenvalue weighted by Gasteiger charge is 2.68. The van der Waals surface area contributed by atoms with Gasteiger partial charge in [-0.3, -0.25) is 48.1 Å². The summed E-state index contributed by atoms with van der Waals surface area (Å²) in [7, 11) is 0. The Balaban J connectivity index is 0.702. The maximum Gasteiger partial charge on any atom is 0.248 e. The molecule has 0 radical (unpaired) electrons. The van der Waals surface area contributed by atoms with Crippen LogP contribution in [0.25, 0.3) is 44.3 Å². The summed E-state index contributed by atoms with van der Waals surface area (Å²) in [5, 5.41) is 16.8. The van der Waals surface area contributed by atoms with Crippen molar-refractivity contribution in [3.63, 3.8) is 0 Å². The van der Waals surface area contributed by atoms with E-state index < -0.39 is 12.1 Å². The second kappa shape index (κ2) is 22.2. The summed E-state index contributed by atoms with van der Waals surface area (Å²) >= 11 is 6.86. The van der Waals surface area contributed by atoms with Crippen molar-refractivity contribution in [2.75, 3.05) is 36.8 Å². The van der Waals surface area contributed by atoms with Gasteiger partial charge in [-0.1, -0.05) is 12.1 Å². The summed E-state index contributed by atoms with van der Waals surface area (Å²) in [6.07, 6.45) is 12.5. The van der Waals surface area contributed by atoms with Crippen LogP contribution in [-0.2, 0) is 32.3 Å². The van der Waals surface area contributed by atoms with Gasteiger partial charge in [-0.2, -0.15) is 10.2 Å². The predicted octanol–water partition coefficient (Wildman–Crippen LogP) is 7.86. The van der Waals surface area contributed by atoms with Gasteiger partial charge in [0.25, 0.3) is 0 Å². The topological polar surface area (TPSA) is 275 Å². The number of piperidine rings is 2. The molecule has 88 heavy (non-hydrogen) atoms. The Morgan fingerprint density at radius 2 is 1.28 bits per heavy atom. The van der Waals surface area contributed by atoms with E-state index in [1.54, 1.807) is 58.5 Å². The van der Waals surface area contributed by atoms with E-state index >= 15 is 4.79 Å². The Hall–Kier alpha value is -8.16. The highest BCUT2D eigenvalue weighted by Crippen LogP contribution is 2.61. The number of hydrogen-bond acceptors (Lipinski definition) is 17. The normalized spacial score (nSPS) is 24.2. The lowest BCUT2D eigenvalue weighted by atomic mass is 9.88. The molecule has 0 aromatic carbocycles. The number of fused-ring (bicyclic) bond motifs is 5. The van der Waals surface area contributed by atoms with Crippen LogP contribution in [0.4, 0.5) is 11.6 Å². The molecule has 3 saturated carbocycles. The first-order valence-electron chi connectivity index (χ1n) is 29.8. The summed E-state index contributed by atoms with van der Waals surface area (Å²) in [5.74, 6) is 1.37. The summed E-state index contributed by atoms with van der Waals surface area (Å²) in [4.78, 5) is 128. The molecule has 8 aromatic heterocycles. The van der Waals surface area contributed by atoms with E-state index in [0.717, 1.165) is 43.5 Å². The first-order valence-corrected chi connectivity index (χ1v) is 31.4. The van der Waals surface area contributed by atoms with Gasteiger partial charge < -0.3 is 25.3 Å². The van der Waals surface area contributed by atoms with Crippen LogP contribution in [0.15, 0.2) is 76.6 Å². The maximum absolute atomic E-state index is 15.1. The Labute approximate surface area is 522 Å². The van der Waals surface area contributed by atoms with Crippen molar-refractivity contribution in [2.45, 2.75) is 111 Å². The van der Waals surface area contributed by atoms with Crippen LogP contribution in [0, 0.1) is 69.6 Å². The summed E-state index contributed by atoms with van der Waals surface area (Å²) in [6.45, 7) is 12.9. The number of carbonyl (C=O) groups is 6. The fraction of sp³-hybridized carbons (Fsp3) is 0.429. The minimum atomic E-state index is -0.812. The lowest BCUT2D eigenvalue weighted by molar-refractivity contribution is -0.138. The molecule has 450 valence electrons. The molecule has 0 bridgehead atoms. The van der Waals surface area contributed by atoms with E-state index in [0.29, 0.717) is 114 Å². The van der Waals surface area contributed by atoms with Crippen LogP contribution in [0.5, 0.6) is 0 Å². The zero-order valence-electron chi connectivity index (χ0n) is 49.4. The number of rotatable bonds is 16. The molecule has 14 rings (SSSR count). The Bertz CT molecular complexity index is 4250. The van der Waals surface area contributed by atoms with Gasteiger partial charge in [-0.15, -0.1) is 0 Å². The molecule has 3 aliphatic heterocycles. The third kappa shape index (κ3) is 10.5. The molecule has 11 heterocycles. The average molecular weight is 1310 g/mol. The molecule has 4 amide bonds. The molecule has 3 aliphatic carbocycles. The van der Waals surface area contributed by atoms with E-state index in [2.05, 4.69) is 87.4 Å². The standard InChI is InChI=1S/C63H63Br2N17O6/c1-30-7-11-51(64)72-59(30)74-61(87)47-17-63(18-50(63)82(47)54(86)28-80-48-23-70-45(39-19-66-34(5)67-20-39)15-42(48)55(76-80)33(4)83)29-78-24-37-10-9-36(44(37)26-78)14-49(84)56-43-16-46(40-21-68-35(6)69-22-40)71-32(3)57(43)81(77-56)27-53(85)79-25-38-13-41(38)58(79)62(88)75-60-31(2)8-12-52(65)73-60/h7-8,11-12,15-16,19-23,36-38,41,44,47,50,58H,9-10,13-14,17-18,24-29H2,1-6H3,(H,72,74,87)(H,73,75,88)/t36?,37-,38+,41+,44-,47-,50+,58-,63-/m0/s1. The number of hydrogen-bond donors (Lipinski definition) is 2. The zero-order chi connectivity index (χ0) is 61.2. The van der Waals surface area contributed by atoms with Crippen molar-refractivity contribution >= 4 is 100 Å². The summed E-state index contributed by atoms with van der Waals surface area (Å²) < 4.78 is 4.26. The second-order valence-corrected chi connectivity index (χ2v) is 26.7. The quantitative estimate of drug-likeness (QED) is 0.0688. The molecular weight excluding hydrogens is 1250 g/mol. The minimum Gasteiger partial charge on any atom is -0.328 e. The van der Waals surface area contributed by atoms with Crippen LogP contribution in [0.3, 0.4) is 0 Å². The van der Waals surface area contributed by atoms with Crippen LogP contribution < -0.4 is 10.6 Å². The summed E-state index contributed by atoms with van der Waals surface area (Å²) in [6, 6.07) is 9.26. The third-order valence-corrected chi connectivity index (χ3v) is 20.2. The van der Waals surface area contributed by atoms with E-state index in [9.17, 15) is 24.0 Å². The molecule has 6 fully saturated rings. The largest absolute Gasteiger partial charge is 0.328 e. The molecule has 6 aliphatic rings. The molecule has 9 atom stereocenters. The van der Waals surface area contributed by atoms with Crippen LogP contribution in [-0.4, -0.2) is 154 Å². The number of likely N-dealkylation sites (tertiary alicyclic amines) is 3. The van der Waals surface area contributed by atoms with Crippen molar-refractivity contribution in [3.05, 3.63) is 116 Å². The Morgan fingerprint density at radius 3 is 1.97 bits per heavy atom.